The largest absolute Gasteiger partial charge is 0.465 e. The Morgan fingerprint density at radius 1 is 0.886 bits per heavy atom. The average molecular weight is 505 g/mol. The SMILES string of the molecule is COC(=O)c1ccc(C(=O)OC)c(NC(=O)COC(=O)c2cccc(S(=O)(=O)N3CCCC3)c2)c1. The van der Waals surface area contributed by atoms with Crippen LogP contribution in [0.2, 0.25) is 0 Å². The van der Waals surface area contributed by atoms with E-state index < -0.39 is 40.4 Å². The van der Waals surface area contributed by atoms with Gasteiger partial charge in [0.25, 0.3) is 5.91 Å². The van der Waals surface area contributed by atoms with Crippen molar-refractivity contribution in [3.63, 3.8) is 0 Å². The summed E-state index contributed by atoms with van der Waals surface area (Å²) in [5, 5.41) is 2.40. The van der Waals surface area contributed by atoms with Gasteiger partial charge in [0.05, 0.1) is 41.5 Å². The van der Waals surface area contributed by atoms with E-state index in [2.05, 4.69) is 14.8 Å². The molecule has 1 aliphatic rings. The number of benzene rings is 2. The van der Waals surface area contributed by atoms with E-state index >= 15 is 0 Å². The van der Waals surface area contributed by atoms with Gasteiger partial charge in [0.1, 0.15) is 0 Å². The first-order chi connectivity index (χ1) is 16.7. The van der Waals surface area contributed by atoms with E-state index in [1.165, 1.54) is 53.9 Å². The fraction of sp³-hybridized carbons (Fsp3) is 0.304. The summed E-state index contributed by atoms with van der Waals surface area (Å²) in [5.74, 6) is -3.15. The summed E-state index contributed by atoms with van der Waals surface area (Å²) >= 11 is 0. The Bertz CT molecular complexity index is 1250. The Kier molecular flexibility index (Phi) is 8.20. The molecule has 186 valence electrons. The molecule has 35 heavy (non-hydrogen) atoms. The molecule has 1 amide bonds. The average Bonchev–Trinajstić information content (AvgIpc) is 3.42. The second-order valence-corrected chi connectivity index (χ2v) is 9.44. The Labute approximate surface area is 202 Å². The number of carbonyl (C=O) groups excluding carboxylic acids is 4. The molecule has 1 heterocycles. The van der Waals surface area contributed by atoms with Gasteiger partial charge in [-0.05, 0) is 49.2 Å². The topological polar surface area (TPSA) is 145 Å². The number of methoxy groups -OCH3 is 2. The van der Waals surface area contributed by atoms with Crippen LogP contribution < -0.4 is 5.32 Å². The lowest BCUT2D eigenvalue weighted by atomic mass is 10.1. The first-order valence-corrected chi connectivity index (χ1v) is 12.0. The molecule has 0 atom stereocenters. The summed E-state index contributed by atoms with van der Waals surface area (Å²) in [7, 11) is -1.40. The Hall–Kier alpha value is -3.77. The lowest BCUT2D eigenvalue weighted by Crippen LogP contribution is -2.28. The molecule has 0 spiro atoms. The summed E-state index contributed by atoms with van der Waals surface area (Å²) in [4.78, 5) is 48.6. The minimum Gasteiger partial charge on any atom is -0.465 e. The molecule has 0 saturated carbocycles. The molecule has 12 heteroatoms. The Morgan fingerprint density at radius 2 is 1.54 bits per heavy atom. The molecule has 11 nitrogen and oxygen atoms in total. The fourth-order valence-corrected chi connectivity index (χ4v) is 5.01. The third kappa shape index (κ3) is 6.03. The standard InChI is InChI=1S/C23H24N2O9S/c1-32-21(27)16-8-9-18(23(29)33-2)19(13-16)24-20(26)14-34-22(28)15-6-5-7-17(12-15)35(30,31)25-10-3-4-11-25/h5-9,12-13H,3-4,10-11,14H2,1-2H3,(H,24,26). The smallest absolute Gasteiger partial charge is 0.339 e. The number of ether oxygens (including phenoxy) is 3. The number of nitrogens with zero attached hydrogens (tertiary/aromatic N) is 1. The van der Waals surface area contributed by atoms with Crippen LogP contribution in [0.3, 0.4) is 0 Å². The van der Waals surface area contributed by atoms with Crippen molar-refractivity contribution < 1.29 is 41.8 Å². The maximum absolute atomic E-state index is 12.7. The zero-order valence-electron chi connectivity index (χ0n) is 19.1. The van der Waals surface area contributed by atoms with Gasteiger partial charge in [0, 0.05) is 13.1 Å². The normalized spacial score (nSPS) is 13.7. The van der Waals surface area contributed by atoms with Gasteiger partial charge in [-0.1, -0.05) is 6.07 Å². The third-order valence-corrected chi connectivity index (χ3v) is 7.12. The van der Waals surface area contributed by atoms with Crippen LogP contribution in [0.1, 0.15) is 43.9 Å². The number of sulfonamides is 1. The van der Waals surface area contributed by atoms with Gasteiger partial charge in [-0.15, -0.1) is 0 Å². The van der Waals surface area contributed by atoms with Crippen molar-refractivity contribution in [3.05, 3.63) is 59.2 Å². The van der Waals surface area contributed by atoms with Gasteiger partial charge in [-0.3, -0.25) is 4.79 Å². The van der Waals surface area contributed by atoms with Crippen molar-refractivity contribution >= 4 is 39.5 Å². The Morgan fingerprint density at radius 3 is 2.20 bits per heavy atom. The predicted octanol–water partition coefficient (Wildman–Crippen LogP) is 1.84. The zero-order valence-corrected chi connectivity index (χ0v) is 19.9. The molecule has 1 aliphatic heterocycles. The maximum Gasteiger partial charge on any atom is 0.339 e. The van der Waals surface area contributed by atoms with Crippen LogP contribution in [-0.4, -0.2) is 70.5 Å². The molecule has 1 fully saturated rings. The summed E-state index contributed by atoms with van der Waals surface area (Å²) in [6, 6.07) is 9.22. The van der Waals surface area contributed by atoms with Gasteiger partial charge in [-0.2, -0.15) is 4.31 Å². The zero-order chi connectivity index (χ0) is 25.6. The van der Waals surface area contributed by atoms with E-state index in [0.717, 1.165) is 20.0 Å². The van der Waals surface area contributed by atoms with Crippen LogP contribution in [0.25, 0.3) is 0 Å². The van der Waals surface area contributed by atoms with E-state index in [0.29, 0.717) is 13.1 Å². The van der Waals surface area contributed by atoms with E-state index in [-0.39, 0.29) is 27.3 Å². The molecule has 0 aliphatic carbocycles. The van der Waals surface area contributed by atoms with Crippen molar-refractivity contribution in [1.29, 1.82) is 0 Å². The molecule has 0 aromatic heterocycles. The molecule has 0 bridgehead atoms. The van der Waals surface area contributed by atoms with Crippen molar-refractivity contribution in [2.45, 2.75) is 17.7 Å². The fourth-order valence-electron chi connectivity index (χ4n) is 3.44. The second-order valence-electron chi connectivity index (χ2n) is 7.51. The van der Waals surface area contributed by atoms with Crippen molar-refractivity contribution in [2.75, 3.05) is 39.2 Å². The van der Waals surface area contributed by atoms with Crippen LogP contribution in [0.5, 0.6) is 0 Å². The molecular weight excluding hydrogens is 480 g/mol. The quantitative estimate of drug-likeness (QED) is 0.420. The summed E-state index contributed by atoms with van der Waals surface area (Å²) in [6.45, 7) is 0.106. The summed E-state index contributed by atoms with van der Waals surface area (Å²) in [5.41, 5.74) is -0.0383. The van der Waals surface area contributed by atoms with E-state index in [1.807, 2.05) is 0 Å². The number of esters is 3. The highest BCUT2D eigenvalue weighted by molar-refractivity contribution is 7.89. The van der Waals surface area contributed by atoms with Gasteiger partial charge < -0.3 is 19.5 Å². The molecule has 1 saturated heterocycles. The number of anilines is 1. The van der Waals surface area contributed by atoms with E-state index in [4.69, 9.17) is 4.74 Å². The highest BCUT2D eigenvalue weighted by Crippen LogP contribution is 2.22. The van der Waals surface area contributed by atoms with Crippen LogP contribution in [0.4, 0.5) is 5.69 Å². The van der Waals surface area contributed by atoms with Crippen molar-refractivity contribution in [3.8, 4) is 0 Å². The number of rotatable bonds is 8. The molecule has 1 N–H and O–H groups in total. The molecule has 3 rings (SSSR count). The lowest BCUT2D eigenvalue weighted by molar-refractivity contribution is -0.119. The molecule has 0 unspecified atom stereocenters. The Balaban J connectivity index is 1.70. The van der Waals surface area contributed by atoms with E-state index in [9.17, 15) is 27.6 Å². The van der Waals surface area contributed by atoms with Gasteiger partial charge in [0.2, 0.25) is 10.0 Å². The number of carbonyl (C=O) groups is 4. The van der Waals surface area contributed by atoms with Crippen LogP contribution >= 0.6 is 0 Å². The summed E-state index contributed by atoms with van der Waals surface area (Å²) in [6.07, 6.45) is 1.55. The number of hydrogen-bond donors (Lipinski definition) is 1. The highest BCUT2D eigenvalue weighted by Gasteiger charge is 2.28. The lowest BCUT2D eigenvalue weighted by Gasteiger charge is -2.16. The maximum atomic E-state index is 12.7. The monoisotopic (exact) mass is 504 g/mol. The number of hydrogen-bond acceptors (Lipinski definition) is 9. The van der Waals surface area contributed by atoms with E-state index in [1.54, 1.807) is 0 Å². The van der Waals surface area contributed by atoms with Crippen molar-refractivity contribution in [2.24, 2.45) is 0 Å². The van der Waals surface area contributed by atoms with Crippen LogP contribution in [-0.2, 0) is 29.0 Å². The second kappa shape index (κ2) is 11.1. The minimum absolute atomic E-state index is 0.0281. The summed E-state index contributed by atoms with van der Waals surface area (Å²) < 4.78 is 41.1. The van der Waals surface area contributed by atoms with Crippen LogP contribution in [0, 0.1) is 0 Å². The van der Waals surface area contributed by atoms with Gasteiger partial charge in [0.15, 0.2) is 6.61 Å². The number of amides is 1. The molecular formula is C23H24N2O9S. The predicted molar refractivity (Wildman–Crippen MR) is 122 cm³/mol. The first-order valence-electron chi connectivity index (χ1n) is 10.5. The molecule has 0 radical (unpaired) electrons. The van der Waals surface area contributed by atoms with Gasteiger partial charge in [-0.25, -0.2) is 22.8 Å². The van der Waals surface area contributed by atoms with Crippen molar-refractivity contribution in [1.82, 2.24) is 4.31 Å². The minimum atomic E-state index is -3.73. The first kappa shape index (κ1) is 25.8. The molecule has 2 aromatic carbocycles. The van der Waals surface area contributed by atoms with Crippen LogP contribution in [0.15, 0.2) is 47.4 Å². The molecule has 2 aromatic rings. The third-order valence-electron chi connectivity index (χ3n) is 5.23. The van der Waals surface area contributed by atoms with Gasteiger partial charge >= 0.3 is 17.9 Å². The highest BCUT2D eigenvalue weighted by atomic mass is 32.2. The number of nitrogens with one attached hydrogen (secondary N) is 1.